The number of rotatable bonds is 6. The van der Waals surface area contributed by atoms with Gasteiger partial charge in [-0.25, -0.2) is 0 Å². The maximum atomic E-state index is 10.4. The molecule has 0 radical (unpaired) electrons. The number of pyridine rings is 1. The van der Waals surface area contributed by atoms with Gasteiger partial charge in [-0.1, -0.05) is 12.1 Å². The van der Waals surface area contributed by atoms with Crippen molar-refractivity contribution in [3.05, 3.63) is 59.9 Å². The molecule has 0 fully saturated rings. The van der Waals surface area contributed by atoms with Crippen LogP contribution in [0, 0.1) is 0 Å². The van der Waals surface area contributed by atoms with Gasteiger partial charge >= 0.3 is 0 Å². The third-order valence-corrected chi connectivity index (χ3v) is 3.79. The summed E-state index contributed by atoms with van der Waals surface area (Å²) in [4.78, 5) is 6.16. The predicted octanol–water partition coefficient (Wildman–Crippen LogP) is 2.82. The molecule has 1 heterocycles. The summed E-state index contributed by atoms with van der Waals surface area (Å²) in [6.45, 7) is 2.67. The zero-order chi connectivity index (χ0) is 15.2. The van der Waals surface area contributed by atoms with Crippen LogP contribution in [0.2, 0.25) is 0 Å². The van der Waals surface area contributed by atoms with Gasteiger partial charge in [0.25, 0.3) is 0 Å². The standard InChI is InChI=1S/C17H22N2O2/c1-13(14-7-9-18-10-8-14)19(2)12-17(20)15-5-4-6-16(11-15)21-3/h4-11,13,17,20H,12H2,1-3H3. The first-order valence-corrected chi connectivity index (χ1v) is 7.04. The first-order chi connectivity index (χ1) is 10.1. The van der Waals surface area contributed by atoms with Gasteiger partial charge < -0.3 is 9.84 Å². The van der Waals surface area contributed by atoms with Crippen LogP contribution in [0.1, 0.15) is 30.2 Å². The third kappa shape index (κ3) is 4.03. The Morgan fingerprint density at radius 1 is 1.19 bits per heavy atom. The Labute approximate surface area is 126 Å². The molecule has 1 N–H and O–H groups in total. The molecule has 2 unspecified atom stereocenters. The Kier molecular flexibility index (Phi) is 5.31. The van der Waals surface area contributed by atoms with Gasteiger partial charge in [-0.05, 0) is 49.4 Å². The van der Waals surface area contributed by atoms with Gasteiger partial charge in [0.2, 0.25) is 0 Å². The van der Waals surface area contributed by atoms with Crippen LogP contribution < -0.4 is 4.74 Å². The second-order valence-corrected chi connectivity index (χ2v) is 5.19. The Morgan fingerprint density at radius 2 is 1.90 bits per heavy atom. The second-order valence-electron chi connectivity index (χ2n) is 5.19. The quantitative estimate of drug-likeness (QED) is 0.887. The predicted molar refractivity (Wildman–Crippen MR) is 83.2 cm³/mol. The van der Waals surface area contributed by atoms with Gasteiger partial charge in [0.15, 0.2) is 0 Å². The summed E-state index contributed by atoms with van der Waals surface area (Å²) in [6.07, 6.45) is 3.03. The second kappa shape index (κ2) is 7.20. The average molecular weight is 286 g/mol. The first-order valence-electron chi connectivity index (χ1n) is 7.04. The van der Waals surface area contributed by atoms with E-state index in [4.69, 9.17) is 4.74 Å². The van der Waals surface area contributed by atoms with Crippen LogP contribution in [0.25, 0.3) is 0 Å². The van der Waals surface area contributed by atoms with E-state index in [1.807, 2.05) is 43.4 Å². The highest BCUT2D eigenvalue weighted by Gasteiger charge is 2.16. The van der Waals surface area contributed by atoms with E-state index in [0.29, 0.717) is 6.54 Å². The molecule has 1 aromatic heterocycles. The molecule has 0 saturated heterocycles. The largest absolute Gasteiger partial charge is 0.497 e. The van der Waals surface area contributed by atoms with E-state index in [0.717, 1.165) is 11.3 Å². The van der Waals surface area contributed by atoms with Crippen molar-refractivity contribution in [1.29, 1.82) is 0 Å². The number of aliphatic hydroxyl groups is 1. The zero-order valence-corrected chi connectivity index (χ0v) is 12.7. The van der Waals surface area contributed by atoms with E-state index in [9.17, 15) is 5.11 Å². The number of aromatic nitrogens is 1. The van der Waals surface area contributed by atoms with Gasteiger partial charge in [0.1, 0.15) is 5.75 Å². The smallest absolute Gasteiger partial charge is 0.119 e. The summed E-state index contributed by atoms with van der Waals surface area (Å²) in [5.41, 5.74) is 2.05. The molecule has 0 aliphatic heterocycles. The Balaban J connectivity index is 2.03. The highest BCUT2D eigenvalue weighted by atomic mass is 16.5. The fourth-order valence-electron chi connectivity index (χ4n) is 2.28. The summed E-state index contributed by atoms with van der Waals surface area (Å²) in [6, 6.07) is 11.8. The number of ether oxygens (including phenoxy) is 1. The number of benzene rings is 1. The number of aliphatic hydroxyl groups excluding tert-OH is 1. The van der Waals surface area contributed by atoms with Crippen molar-refractivity contribution in [3.8, 4) is 5.75 Å². The van der Waals surface area contributed by atoms with Crippen molar-refractivity contribution in [1.82, 2.24) is 9.88 Å². The van der Waals surface area contributed by atoms with Crippen molar-refractivity contribution < 1.29 is 9.84 Å². The van der Waals surface area contributed by atoms with E-state index in [1.54, 1.807) is 19.5 Å². The van der Waals surface area contributed by atoms with E-state index in [2.05, 4.69) is 16.8 Å². The molecule has 4 heteroatoms. The maximum absolute atomic E-state index is 10.4. The summed E-state index contributed by atoms with van der Waals surface area (Å²) in [5.74, 6) is 0.761. The molecular formula is C17H22N2O2. The molecular weight excluding hydrogens is 264 g/mol. The van der Waals surface area contributed by atoms with E-state index in [-0.39, 0.29) is 6.04 Å². The molecule has 21 heavy (non-hydrogen) atoms. The molecule has 1 aromatic carbocycles. The van der Waals surface area contributed by atoms with Gasteiger partial charge in [-0.2, -0.15) is 0 Å². The lowest BCUT2D eigenvalue weighted by Crippen LogP contribution is -2.27. The lowest BCUT2D eigenvalue weighted by molar-refractivity contribution is 0.108. The van der Waals surface area contributed by atoms with Crippen LogP contribution in [0.5, 0.6) is 5.75 Å². The molecule has 0 bridgehead atoms. The number of methoxy groups -OCH3 is 1. The average Bonchev–Trinajstić information content (AvgIpc) is 2.54. The van der Waals surface area contributed by atoms with Crippen LogP contribution in [0.15, 0.2) is 48.8 Å². The van der Waals surface area contributed by atoms with Crippen molar-refractivity contribution in [2.75, 3.05) is 20.7 Å². The highest BCUT2D eigenvalue weighted by molar-refractivity contribution is 5.30. The molecule has 2 aromatic rings. The van der Waals surface area contributed by atoms with E-state index in [1.165, 1.54) is 5.56 Å². The molecule has 2 rings (SSSR count). The van der Waals surface area contributed by atoms with Crippen molar-refractivity contribution >= 4 is 0 Å². The van der Waals surface area contributed by atoms with Gasteiger partial charge in [-0.3, -0.25) is 9.88 Å². The van der Waals surface area contributed by atoms with E-state index >= 15 is 0 Å². The zero-order valence-electron chi connectivity index (χ0n) is 12.7. The van der Waals surface area contributed by atoms with Gasteiger partial charge in [0.05, 0.1) is 13.2 Å². The van der Waals surface area contributed by atoms with Crippen LogP contribution in [-0.4, -0.2) is 35.7 Å². The molecule has 0 aliphatic carbocycles. The molecule has 112 valence electrons. The summed E-state index contributed by atoms with van der Waals surface area (Å²) < 4.78 is 5.20. The lowest BCUT2D eigenvalue weighted by Gasteiger charge is -2.27. The van der Waals surface area contributed by atoms with E-state index < -0.39 is 6.10 Å². The molecule has 0 aliphatic rings. The van der Waals surface area contributed by atoms with Crippen LogP contribution in [-0.2, 0) is 0 Å². The number of likely N-dealkylation sites (N-methyl/N-ethyl adjacent to an activating group) is 1. The number of hydrogen-bond acceptors (Lipinski definition) is 4. The summed E-state index contributed by atoms with van der Waals surface area (Å²) in [7, 11) is 3.64. The Morgan fingerprint density at radius 3 is 2.57 bits per heavy atom. The number of nitrogens with zero attached hydrogens (tertiary/aromatic N) is 2. The van der Waals surface area contributed by atoms with Gasteiger partial charge in [0, 0.05) is 25.0 Å². The summed E-state index contributed by atoms with van der Waals surface area (Å²) >= 11 is 0. The Bertz CT molecular complexity index is 560. The van der Waals surface area contributed by atoms with Crippen molar-refractivity contribution in [2.24, 2.45) is 0 Å². The fourth-order valence-corrected chi connectivity index (χ4v) is 2.28. The van der Waals surface area contributed by atoms with Crippen molar-refractivity contribution in [3.63, 3.8) is 0 Å². The molecule has 2 atom stereocenters. The Hall–Kier alpha value is -1.91. The van der Waals surface area contributed by atoms with Crippen LogP contribution >= 0.6 is 0 Å². The van der Waals surface area contributed by atoms with Crippen molar-refractivity contribution in [2.45, 2.75) is 19.1 Å². The molecule has 0 saturated carbocycles. The first kappa shape index (κ1) is 15.5. The minimum absolute atomic E-state index is 0.216. The molecule has 0 spiro atoms. The lowest BCUT2D eigenvalue weighted by atomic mass is 10.1. The molecule has 4 nitrogen and oxygen atoms in total. The highest BCUT2D eigenvalue weighted by Crippen LogP contribution is 2.23. The topological polar surface area (TPSA) is 45.6 Å². The third-order valence-electron chi connectivity index (χ3n) is 3.79. The SMILES string of the molecule is COc1cccc(C(O)CN(C)C(C)c2ccncc2)c1. The minimum atomic E-state index is -0.547. The van der Waals surface area contributed by atoms with Crippen LogP contribution in [0.4, 0.5) is 0 Å². The molecule has 0 amide bonds. The number of hydrogen-bond donors (Lipinski definition) is 1. The normalized spacial score (nSPS) is 14.0. The fraction of sp³-hybridized carbons (Fsp3) is 0.353. The summed E-state index contributed by atoms with van der Waals surface area (Å²) in [5, 5.41) is 10.4. The maximum Gasteiger partial charge on any atom is 0.119 e. The van der Waals surface area contributed by atoms with Crippen LogP contribution in [0.3, 0.4) is 0 Å². The van der Waals surface area contributed by atoms with Gasteiger partial charge in [-0.15, -0.1) is 0 Å². The minimum Gasteiger partial charge on any atom is -0.497 e. The monoisotopic (exact) mass is 286 g/mol.